The van der Waals surface area contributed by atoms with E-state index in [1.54, 1.807) is 6.07 Å². The smallest absolute Gasteiger partial charge is 0.139 e. The van der Waals surface area contributed by atoms with Crippen molar-refractivity contribution in [1.29, 1.82) is 0 Å². The van der Waals surface area contributed by atoms with Gasteiger partial charge in [0.05, 0.1) is 4.47 Å². The van der Waals surface area contributed by atoms with Crippen molar-refractivity contribution < 1.29 is 4.39 Å². The minimum Gasteiger partial charge on any atom is -0.382 e. The highest BCUT2D eigenvalue weighted by Gasteiger charge is 2.10. The third-order valence-electron chi connectivity index (χ3n) is 2.90. The van der Waals surface area contributed by atoms with Crippen LogP contribution in [0.5, 0.6) is 0 Å². The van der Waals surface area contributed by atoms with Crippen LogP contribution in [0.15, 0.2) is 16.6 Å². The molecule has 0 spiro atoms. The number of nitrogens with one attached hydrogen (secondary N) is 1. The molecule has 96 valence electrons. The first-order valence-electron chi connectivity index (χ1n) is 6.30. The number of rotatable bonds is 6. The molecule has 1 N–H and O–H groups in total. The molecule has 0 aliphatic carbocycles. The number of hydrogen-bond donors (Lipinski definition) is 1. The fraction of sp³-hybridized carbons (Fsp3) is 0.571. The van der Waals surface area contributed by atoms with Crippen LogP contribution in [-0.4, -0.2) is 6.04 Å². The zero-order valence-corrected chi connectivity index (χ0v) is 12.4. The predicted molar refractivity (Wildman–Crippen MR) is 76.1 cm³/mol. The summed E-state index contributed by atoms with van der Waals surface area (Å²) < 4.78 is 14.0. The van der Waals surface area contributed by atoms with Crippen LogP contribution < -0.4 is 5.32 Å². The summed E-state index contributed by atoms with van der Waals surface area (Å²) in [5.41, 5.74) is 1.99. The first-order chi connectivity index (χ1) is 8.08. The summed E-state index contributed by atoms with van der Waals surface area (Å²) in [7, 11) is 0. The van der Waals surface area contributed by atoms with Crippen molar-refractivity contribution in [2.24, 2.45) is 0 Å². The van der Waals surface area contributed by atoms with Gasteiger partial charge in [-0.05, 0) is 53.4 Å². The van der Waals surface area contributed by atoms with Gasteiger partial charge < -0.3 is 5.32 Å². The van der Waals surface area contributed by atoms with E-state index < -0.39 is 0 Å². The molecule has 0 aromatic heterocycles. The molecule has 0 aliphatic rings. The Labute approximate surface area is 112 Å². The van der Waals surface area contributed by atoms with E-state index in [0.717, 1.165) is 36.9 Å². The molecule has 1 nitrogen and oxygen atoms in total. The molecule has 17 heavy (non-hydrogen) atoms. The Morgan fingerprint density at radius 3 is 2.35 bits per heavy atom. The summed E-state index contributed by atoms with van der Waals surface area (Å²) in [4.78, 5) is 0. The summed E-state index contributed by atoms with van der Waals surface area (Å²) in [6, 6.07) is 3.86. The van der Waals surface area contributed by atoms with Crippen molar-refractivity contribution in [3.8, 4) is 0 Å². The van der Waals surface area contributed by atoms with E-state index in [9.17, 15) is 4.39 Å². The van der Waals surface area contributed by atoms with Gasteiger partial charge in [-0.3, -0.25) is 0 Å². The Hall–Kier alpha value is -0.570. The van der Waals surface area contributed by atoms with Crippen LogP contribution >= 0.6 is 15.9 Å². The van der Waals surface area contributed by atoms with Gasteiger partial charge in [0.2, 0.25) is 0 Å². The van der Waals surface area contributed by atoms with Crippen LogP contribution in [0.25, 0.3) is 0 Å². The zero-order valence-electron chi connectivity index (χ0n) is 10.8. The van der Waals surface area contributed by atoms with Crippen molar-refractivity contribution in [2.75, 3.05) is 5.32 Å². The Balaban J connectivity index is 2.81. The average Bonchev–Trinajstić information content (AvgIpc) is 2.26. The number of benzene rings is 1. The van der Waals surface area contributed by atoms with Crippen LogP contribution in [0.4, 0.5) is 10.1 Å². The largest absolute Gasteiger partial charge is 0.382 e. The van der Waals surface area contributed by atoms with E-state index in [-0.39, 0.29) is 5.82 Å². The van der Waals surface area contributed by atoms with Crippen molar-refractivity contribution in [1.82, 2.24) is 0 Å². The Bertz CT molecular complexity index is 359. The Morgan fingerprint density at radius 1 is 1.24 bits per heavy atom. The lowest BCUT2D eigenvalue weighted by atomic mass is 10.1. The topological polar surface area (TPSA) is 12.0 Å². The van der Waals surface area contributed by atoms with Crippen molar-refractivity contribution in [2.45, 2.75) is 52.5 Å². The molecule has 1 aromatic carbocycles. The maximum Gasteiger partial charge on any atom is 0.139 e. The SMILES string of the molecule is CCCC(CCC)Nc1cc(F)c(Br)cc1C. The Kier molecular flexibility index (Phi) is 5.96. The van der Waals surface area contributed by atoms with Gasteiger partial charge in [0.25, 0.3) is 0 Å². The first kappa shape index (κ1) is 14.5. The fourth-order valence-corrected chi connectivity index (χ4v) is 2.47. The van der Waals surface area contributed by atoms with E-state index in [0.29, 0.717) is 10.5 Å². The van der Waals surface area contributed by atoms with Crippen molar-refractivity contribution >= 4 is 21.6 Å². The standard InChI is InChI=1S/C14H21BrFN/c1-4-6-11(7-5-2)17-14-9-13(16)12(15)8-10(14)3/h8-9,11,17H,4-7H2,1-3H3. The second kappa shape index (κ2) is 7.00. The minimum absolute atomic E-state index is 0.204. The molecule has 0 saturated heterocycles. The van der Waals surface area contributed by atoms with Gasteiger partial charge in [0.15, 0.2) is 0 Å². The molecule has 0 amide bonds. The van der Waals surface area contributed by atoms with Crippen molar-refractivity contribution in [3.63, 3.8) is 0 Å². The molecule has 0 unspecified atom stereocenters. The first-order valence-corrected chi connectivity index (χ1v) is 7.10. The molecular formula is C14H21BrFN. The van der Waals surface area contributed by atoms with E-state index in [4.69, 9.17) is 0 Å². The average molecular weight is 302 g/mol. The van der Waals surface area contributed by atoms with Gasteiger partial charge in [-0.1, -0.05) is 26.7 Å². The van der Waals surface area contributed by atoms with E-state index in [2.05, 4.69) is 35.1 Å². The molecular weight excluding hydrogens is 281 g/mol. The van der Waals surface area contributed by atoms with Crippen LogP contribution in [0.3, 0.4) is 0 Å². The van der Waals surface area contributed by atoms with Gasteiger partial charge in [-0.2, -0.15) is 0 Å². The normalized spacial score (nSPS) is 10.9. The molecule has 0 atom stereocenters. The highest BCUT2D eigenvalue weighted by atomic mass is 79.9. The Morgan fingerprint density at radius 2 is 1.82 bits per heavy atom. The van der Waals surface area contributed by atoms with E-state index in [1.807, 2.05) is 13.0 Å². The highest BCUT2D eigenvalue weighted by Crippen LogP contribution is 2.25. The summed E-state index contributed by atoms with van der Waals surface area (Å²) in [6.45, 7) is 6.36. The van der Waals surface area contributed by atoms with Crippen LogP contribution in [0, 0.1) is 12.7 Å². The summed E-state index contributed by atoms with van der Waals surface area (Å²) in [5.74, 6) is -0.204. The summed E-state index contributed by atoms with van der Waals surface area (Å²) in [6.07, 6.45) is 4.56. The molecule has 1 rings (SSSR count). The fourth-order valence-electron chi connectivity index (χ4n) is 2.01. The lowest BCUT2D eigenvalue weighted by molar-refractivity contribution is 0.583. The second-order valence-electron chi connectivity index (χ2n) is 4.50. The zero-order chi connectivity index (χ0) is 12.8. The lowest BCUT2D eigenvalue weighted by Gasteiger charge is -2.20. The van der Waals surface area contributed by atoms with Gasteiger partial charge in [0, 0.05) is 11.7 Å². The highest BCUT2D eigenvalue weighted by molar-refractivity contribution is 9.10. The summed E-state index contributed by atoms with van der Waals surface area (Å²) in [5, 5.41) is 3.46. The van der Waals surface area contributed by atoms with Crippen LogP contribution in [0.1, 0.15) is 45.1 Å². The lowest BCUT2D eigenvalue weighted by Crippen LogP contribution is -2.19. The van der Waals surface area contributed by atoms with Gasteiger partial charge in [0.1, 0.15) is 5.82 Å². The molecule has 0 bridgehead atoms. The molecule has 0 aliphatic heterocycles. The van der Waals surface area contributed by atoms with Crippen molar-refractivity contribution in [3.05, 3.63) is 28.0 Å². The molecule has 0 radical (unpaired) electrons. The maximum absolute atomic E-state index is 13.5. The predicted octanol–water partition coefficient (Wildman–Crippen LogP) is 5.28. The quantitative estimate of drug-likeness (QED) is 0.754. The molecule has 0 fully saturated rings. The molecule has 0 saturated carbocycles. The van der Waals surface area contributed by atoms with Crippen LogP contribution in [-0.2, 0) is 0 Å². The third-order valence-corrected chi connectivity index (χ3v) is 3.51. The van der Waals surface area contributed by atoms with E-state index in [1.165, 1.54) is 0 Å². The number of anilines is 1. The number of aryl methyl sites for hydroxylation is 1. The number of hydrogen-bond acceptors (Lipinski definition) is 1. The number of halogens is 2. The second-order valence-corrected chi connectivity index (χ2v) is 5.35. The maximum atomic E-state index is 13.5. The summed E-state index contributed by atoms with van der Waals surface area (Å²) >= 11 is 3.21. The van der Waals surface area contributed by atoms with Crippen LogP contribution in [0.2, 0.25) is 0 Å². The van der Waals surface area contributed by atoms with Gasteiger partial charge in [-0.15, -0.1) is 0 Å². The molecule has 1 aromatic rings. The van der Waals surface area contributed by atoms with Gasteiger partial charge >= 0.3 is 0 Å². The molecule has 3 heteroatoms. The molecule has 0 heterocycles. The van der Waals surface area contributed by atoms with E-state index >= 15 is 0 Å². The third kappa shape index (κ3) is 4.30. The monoisotopic (exact) mass is 301 g/mol. The van der Waals surface area contributed by atoms with Gasteiger partial charge in [-0.25, -0.2) is 4.39 Å². The minimum atomic E-state index is -0.204.